The molecule has 0 amide bonds. The summed E-state index contributed by atoms with van der Waals surface area (Å²) in [6, 6.07) is 3.37. The van der Waals surface area contributed by atoms with Gasteiger partial charge in [0, 0.05) is 42.9 Å². The zero-order valence-electron chi connectivity index (χ0n) is 21.9. The molecule has 5 rings (SSSR count). The molecule has 0 aromatic carbocycles. The number of rotatable bonds is 4. The van der Waals surface area contributed by atoms with Crippen LogP contribution in [0.4, 0.5) is 0 Å². The fourth-order valence-electron chi connectivity index (χ4n) is 7.14. The average Bonchev–Trinajstić information content (AvgIpc) is 3.46. The van der Waals surface area contributed by atoms with Gasteiger partial charge in [-0.05, 0) is 38.0 Å². The standard InChI is InChI=1S/C28H37NO8/c1-13-11-14(2)28-17(12-20(34-5)27(33)35-23(13)16(4)30)8-9-18-21(28)22(31)15(3)24(25(18)37-28)36-26(32)19-7-6-10-29-19/h6-11,13,15-18,20-25,29-31H,12H2,1-5H3/b14-11+/t13-,15-,16-,17?,18-,20+,21+,22-,23+,24-,25-,28+/m1/s1. The second-order valence-electron chi connectivity index (χ2n) is 11.1. The van der Waals surface area contributed by atoms with Gasteiger partial charge in [-0.2, -0.15) is 0 Å². The van der Waals surface area contributed by atoms with E-state index in [-0.39, 0.29) is 36.0 Å². The Balaban J connectivity index is 1.58. The summed E-state index contributed by atoms with van der Waals surface area (Å²) < 4.78 is 24.2. The fraction of sp³-hybridized carbons (Fsp3) is 0.643. The maximum absolute atomic E-state index is 13.1. The Labute approximate surface area is 216 Å². The summed E-state index contributed by atoms with van der Waals surface area (Å²) in [5, 5.41) is 22.1. The third kappa shape index (κ3) is 4.07. The van der Waals surface area contributed by atoms with E-state index in [9.17, 15) is 19.8 Å². The maximum atomic E-state index is 13.1. The van der Waals surface area contributed by atoms with E-state index in [1.54, 1.807) is 25.3 Å². The Hall–Kier alpha value is -2.46. The summed E-state index contributed by atoms with van der Waals surface area (Å²) in [5.41, 5.74) is 0.301. The number of aromatic nitrogens is 1. The van der Waals surface area contributed by atoms with E-state index in [1.165, 1.54) is 7.11 Å². The highest BCUT2D eigenvalue weighted by Crippen LogP contribution is 2.61. The number of carbonyl (C=O) groups excluding carboxylic acids is 2. The zero-order valence-corrected chi connectivity index (χ0v) is 21.9. The highest BCUT2D eigenvalue weighted by molar-refractivity contribution is 5.87. The van der Waals surface area contributed by atoms with Gasteiger partial charge < -0.3 is 34.1 Å². The van der Waals surface area contributed by atoms with Crippen LogP contribution in [0.25, 0.3) is 0 Å². The lowest BCUT2D eigenvalue weighted by molar-refractivity contribution is -0.172. The third-order valence-electron chi connectivity index (χ3n) is 8.94. The van der Waals surface area contributed by atoms with E-state index in [2.05, 4.69) is 4.98 Å². The van der Waals surface area contributed by atoms with Gasteiger partial charge in [-0.25, -0.2) is 9.59 Å². The van der Waals surface area contributed by atoms with Crippen molar-refractivity contribution in [1.29, 1.82) is 0 Å². The monoisotopic (exact) mass is 515 g/mol. The van der Waals surface area contributed by atoms with Crippen LogP contribution in [0.15, 0.2) is 42.1 Å². The van der Waals surface area contributed by atoms with Crippen molar-refractivity contribution in [3.8, 4) is 0 Å². The number of aliphatic hydroxyl groups is 2. The lowest BCUT2D eigenvalue weighted by atomic mass is 9.57. The number of esters is 2. The summed E-state index contributed by atoms with van der Waals surface area (Å²) in [7, 11) is 1.46. The topological polar surface area (TPSA) is 127 Å². The molecule has 1 saturated heterocycles. The van der Waals surface area contributed by atoms with E-state index < -0.39 is 54.2 Å². The van der Waals surface area contributed by atoms with Crippen LogP contribution < -0.4 is 0 Å². The first-order valence-corrected chi connectivity index (χ1v) is 13.1. The summed E-state index contributed by atoms with van der Waals surface area (Å²) in [5.74, 6) is -2.49. The maximum Gasteiger partial charge on any atom is 0.355 e. The minimum atomic E-state index is -0.933. The number of hydrogen-bond donors (Lipinski definition) is 3. The van der Waals surface area contributed by atoms with Crippen LogP contribution in [0.2, 0.25) is 0 Å². The van der Waals surface area contributed by atoms with Crippen molar-refractivity contribution in [2.24, 2.45) is 29.6 Å². The molecule has 0 radical (unpaired) electrons. The van der Waals surface area contributed by atoms with Crippen LogP contribution in [-0.4, -0.2) is 76.5 Å². The fourth-order valence-corrected chi connectivity index (χ4v) is 7.14. The van der Waals surface area contributed by atoms with Gasteiger partial charge in [0.2, 0.25) is 0 Å². The van der Waals surface area contributed by atoms with Crippen LogP contribution in [0.5, 0.6) is 0 Å². The molecule has 37 heavy (non-hydrogen) atoms. The Morgan fingerprint density at radius 1 is 1.30 bits per heavy atom. The first kappa shape index (κ1) is 26.2. The first-order valence-electron chi connectivity index (χ1n) is 13.1. The molecule has 4 aliphatic rings. The Morgan fingerprint density at radius 2 is 2.05 bits per heavy atom. The Morgan fingerprint density at radius 3 is 2.70 bits per heavy atom. The lowest BCUT2D eigenvalue weighted by Gasteiger charge is -2.48. The summed E-state index contributed by atoms with van der Waals surface area (Å²) in [6.07, 6.45) is 3.53. The van der Waals surface area contributed by atoms with Crippen LogP contribution >= 0.6 is 0 Å². The van der Waals surface area contributed by atoms with E-state index in [4.69, 9.17) is 18.9 Å². The van der Waals surface area contributed by atoms with Gasteiger partial charge in [-0.3, -0.25) is 0 Å². The molecular weight excluding hydrogens is 478 g/mol. The number of methoxy groups -OCH3 is 1. The smallest absolute Gasteiger partial charge is 0.355 e. The molecule has 2 fully saturated rings. The number of ether oxygens (including phenoxy) is 4. The van der Waals surface area contributed by atoms with Gasteiger partial charge in [0.05, 0.1) is 12.2 Å². The van der Waals surface area contributed by atoms with E-state index in [0.717, 1.165) is 5.57 Å². The lowest BCUT2D eigenvalue weighted by Crippen LogP contribution is -2.57. The van der Waals surface area contributed by atoms with Crippen molar-refractivity contribution in [2.75, 3.05) is 7.11 Å². The quantitative estimate of drug-likeness (QED) is 0.412. The molecule has 12 atom stereocenters. The number of H-pyrrole nitrogens is 1. The molecule has 9 nitrogen and oxygen atoms in total. The van der Waals surface area contributed by atoms with Gasteiger partial charge in [0.1, 0.15) is 29.6 Å². The summed E-state index contributed by atoms with van der Waals surface area (Å²) in [6.45, 7) is 7.35. The third-order valence-corrected chi connectivity index (χ3v) is 8.94. The number of carbonyl (C=O) groups is 2. The predicted molar refractivity (Wildman–Crippen MR) is 132 cm³/mol. The van der Waals surface area contributed by atoms with Gasteiger partial charge in [0.15, 0.2) is 6.10 Å². The van der Waals surface area contributed by atoms with Crippen molar-refractivity contribution < 1.29 is 38.7 Å². The number of aliphatic hydroxyl groups excluding tert-OH is 2. The molecule has 9 heteroatoms. The van der Waals surface area contributed by atoms with Crippen molar-refractivity contribution in [3.63, 3.8) is 0 Å². The molecular formula is C28H37NO8. The minimum Gasteiger partial charge on any atom is -0.457 e. The largest absolute Gasteiger partial charge is 0.457 e. The molecule has 2 aliphatic carbocycles. The van der Waals surface area contributed by atoms with Gasteiger partial charge in [-0.1, -0.05) is 32.1 Å². The van der Waals surface area contributed by atoms with Crippen molar-refractivity contribution in [1.82, 2.24) is 4.98 Å². The van der Waals surface area contributed by atoms with Gasteiger partial charge >= 0.3 is 11.9 Å². The number of cyclic esters (lactones) is 1. The molecule has 1 saturated carbocycles. The molecule has 2 aliphatic heterocycles. The SMILES string of the molecule is CO[C@H]1CC2C=C[C@H]3[C@H]4O[C@]2(/C(C)=C/[C@@H](C)[C@@H]([C@@H](C)O)OC1=O)[C@@H]3[C@H](O)[C@@H](C)[C@H]4OC(=O)c1ccc[nH]1. The van der Waals surface area contributed by atoms with Gasteiger partial charge in [-0.15, -0.1) is 0 Å². The summed E-state index contributed by atoms with van der Waals surface area (Å²) in [4.78, 5) is 28.8. The second kappa shape index (κ2) is 9.69. The van der Waals surface area contributed by atoms with E-state index >= 15 is 0 Å². The van der Waals surface area contributed by atoms with Gasteiger partial charge in [0.25, 0.3) is 0 Å². The van der Waals surface area contributed by atoms with Crippen LogP contribution in [-0.2, 0) is 23.7 Å². The molecule has 1 aromatic rings. The highest BCUT2D eigenvalue weighted by Gasteiger charge is 2.69. The average molecular weight is 516 g/mol. The van der Waals surface area contributed by atoms with Crippen molar-refractivity contribution >= 4 is 11.9 Å². The van der Waals surface area contributed by atoms with Crippen LogP contribution in [0, 0.1) is 29.6 Å². The number of aromatic amines is 1. The second-order valence-corrected chi connectivity index (χ2v) is 11.1. The molecule has 3 N–H and O–H groups in total. The molecule has 202 valence electrons. The number of hydrogen-bond acceptors (Lipinski definition) is 8. The molecule has 1 aromatic heterocycles. The zero-order chi connectivity index (χ0) is 26.6. The van der Waals surface area contributed by atoms with Crippen molar-refractivity contribution in [2.45, 2.75) is 76.3 Å². The molecule has 1 spiro atoms. The van der Waals surface area contributed by atoms with Crippen LogP contribution in [0.1, 0.15) is 44.6 Å². The van der Waals surface area contributed by atoms with Crippen LogP contribution in [0.3, 0.4) is 0 Å². The van der Waals surface area contributed by atoms with Crippen molar-refractivity contribution in [3.05, 3.63) is 47.8 Å². The van der Waals surface area contributed by atoms with E-state index in [1.807, 2.05) is 39.0 Å². The first-order chi connectivity index (χ1) is 17.6. The van der Waals surface area contributed by atoms with E-state index in [0.29, 0.717) is 5.69 Å². The Kier molecular flexibility index (Phi) is 6.85. The highest BCUT2D eigenvalue weighted by atomic mass is 16.6. The number of nitrogens with one attached hydrogen (secondary N) is 1. The normalized spacial score (nSPS) is 45.3. The molecule has 3 heterocycles. The predicted octanol–water partition coefficient (Wildman–Crippen LogP) is 2.40. The molecule has 1 unspecified atom stereocenters. The Bertz CT molecular complexity index is 1080. The summed E-state index contributed by atoms with van der Waals surface area (Å²) >= 11 is 0. The molecule has 4 bridgehead atoms. The minimum absolute atomic E-state index is 0.175.